The number of nitrogens with one attached hydrogen (secondary N) is 2. The Kier molecular flexibility index (Phi) is 8.51. The molecule has 0 spiro atoms. The van der Waals surface area contributed by atoms with Crippen molar-refractivity contribution in [3.63, 3.8) is 0 Å². The molecule has 4 heterocycles. The summed E-state index contributed by atoms with van der Waals surface area (Å²) in [6.45, 7) is 0.0849. The molecule has 0 unspecified atom stereocenters. The third-order valence-electron chi connectivity index (χ3n) is 9.46. The lowest BCUT2D eigenvalue weighted by Gasteiger charge is -2.28. The van der Waals surface area contributed by atoms with Gasteiger partial charge in [-0.3, -0.25) is 19.1 Å². The van der Waals surface area contributed by atoms with Crippen molar-refractivity contribution in [3.05, 3.63) is 53.9 Å². The molecule has 2 aliphatic heterocycles. The Labute approximate surface area is 277 Å². The van der Waals surface area contributed by atoms with Crippen molar-refractivity contribution >= 4 is 50.1 Å². The molecule has 3 fully saturated rings. The minimum atomic E-state index is -3.83. The maximum absolute atomic E-state index is 14.1. The number of nitrogens with zero attached hydrogens (tertiary/aromatic N) is 3. The average molecular weight is 679 g/mol. The summed E-state index contributed by atoms with van der Waals surface area (Å²) in [6, 6.07) is 9.53. The van der Waals surface area contributed by atoms with Crippen LogP contribution in [0.5, 0.6) is 5.88 Å². The maximum Gasteiger partial charge on any atom is 0.259 e. The van der Waals surface area contributed by atoms with Crippen LogP contribution in [0.15, 0.2) is 53.9 Å². The summed E-state index contributed by atoms with van der Waals surface area (Å²) in [5.74, 6) is -1.74. The van der Waals surface area contributed by atoms with E-state index in [2.05, 4.69) is 10.0 Å². The maximum atomic E-state index is 14.1. The largest absolute Gasteiger partial charge is 0.471 e. The molecule has 4 aliphatic rings. The number of thiophene rings is 1. The van der Waals surface area contributed by atoms with Gasteiger partial charge in [-0.15, -0.1) is 11.3 Å². The molecule has 2 saturated carbocycles. The van der Waals surface area contributed by atoms with Gasteiger partial charge in [-0.05, 0) is 62.1 Å². The lowest BCUT2D eigenvalue weighted by atomic mass is 10.1. The van der Waals surface area contributed by atoms with Gasteiger partial charge in [-0.1, -0.05) is 43.2 Å². The van der Waals surface area contributed by atoms with Crippen molar-refractivity contribution in [1.82, 2.24) is 24.9 Å². The van der Waals surface area contributed by atoms with E-state index < -0.39 is 50.8 Å². The molecule has 2 aromatic heterocycles. The number of carbonyl (C=O) groups excluding carboxylic acids is 3. The molecule has 7 rings (SSSR count). The number of sulfonamides is 1. The van der Waals surface area contributed by atoms with E-state index in [1.807, 2.05) is 53.9 Å². The standard InChI is InChI=1S/C33H38N6O6S2/c34-23-10-5-3-1-2-4-9-20-18-33(20,32(42)38-47(43,44)22-14-15-22)37-29(40)26-17-21(19-39(26)31(23)41)45-30-28(27-13-8-16-46-27)35-24-11-6-7-12-25(24)36-30/h4,6-9,11-13,16,20-23,26H,1-3,5,10,14-15,17-19,34H2,(H,37,40)(H,38,42)/t20-,21-,23+,26+,33-/m1/s1. The first-order valence-electron chi connectivity index (χ1n) is 16.2. The number of ether oxygens (including phenoxy) is 1. The number of rotatable bonds is 6. The van der Waals surface area contributed by atoms with Crippen LogP contribution < -0.4 is 20.5 Å². The Hall–Kier alpha value is -3.88. The topological polar surface area (TPSA) is 174 Å². The van der Waals surface area contributed by atoms with Crippen LogP contribution in [-0.4, -0.2) is 76.5 Å². The molecular weight excluding hydrogens is 641 g/mol. The van der Waals surface area contributed by atoms with Crippen molar-refractivity contribution in [2.45, 2.75) is 86.8 Å². The van der Waals surface area contributed by atoms with Gasteiger partial charge in [-0.2, -0.15) is 0 Å². The second kappa shape index (κ2) is 12.6. The zero-order valence-corrected chi connectivity index (χ0v) is 27.5. The highest BCUT2D eigenvalue weighted by Gasteiger charge is 2.62. The number of carbonyl (C=O) groups is 3. The van der Waals surface area contributed by atoms with Gasteiger partial charge >= 0.3 is 0 Å². The number of para-hydroxylation sites is 2. The molecule has 3 amide bonds. The summed E-state index contributed by atoms with van der Waals surface area (Å²) in [5.41, 5.74) is 6.89. The van der Waals surface area contributed by atoms with Crippen LogP contribution in [0.25, 0.3) is 21.6 Å². The zero-order chi connectivity index (χ0) is 32.8. The van der Waals surface area contributed by atoms with Crippen molar-refractivity contribution in [3.8, 4) is 16.5 Å². The van der Waals surface area contributed by atoms with E-state index in [4.69, 9.17) is 20.4 Å². The summed E-state index contributed by atoms with van der Waals surface area (Å²) in [6.07, 6.45) is 8.41. The van der Waals surface area contributed by atoms with Crippen LogP contribution in [0.2, 0.25) is 0 Å². The first kappa shape index (κ1) is 31.7. The van der Waals surface area contributed by atoms with E-state index in [1.165, 1.54) is 16.2 Å². The number of allylic oxidation sites excluding steroid dienone is 1. The van der Waals surface area contributed by atoms with Gasteiger partial charge in [0, 0.05) is 12.3 Å². The third kappa shape index (κ3) is 6.50. The highest BCUT2D eigenvalue weighted by atomic mass is 32.2. The van der Waals surface area contributed by atoms with Gasteiger partial charge in [0.25, 0.3) is 5.91 Å². The van der Waals surface area contributed by atoms with E-state index in [-0.39, 0.29) is 31.2 Å². The van der Waals surface area contributed by atoms with Crippen LogP contribution in [0, 0.1) is 5.92 Å². The molecule has 4 N–H and O–H groups in total. The highest BCUT2D eigenvalue weighted by Crippen LogP contribution is 2.46. The Morgan fingerprint density at radius 2 is 1.85 bits per heavy atom. The number of aromatic nitrogens is 2. The molecule has 14 heteroatoms. The second-order valence-electron chi connectivity index (χ2n) is 12.9. The number of hydrogen-bond donors (Lipinski definition) is 3. The molecule has 248 valence electrons. The summed E-state index contributed by atoms with van der Waals surface area (Å²) >= 11 is 1.50. The fourth-order valence-corrected chi connectivity index (χ4v) is 8.61. The number of amides is 3. The van der Waals surface area contributed by atoms with Crippen LogP contribution in [-0.2, 0) is 24.4 Å². The van der Waals surface area contributed by atoms with Gasteiger partial charge < -0.3 is 20.7 Å². The van der Waals surface area contributed by atoms with Gasteiger partial charge in [0.05, 0.1) is 33.7 Å². The molecule has 12 nitrogen and oxygen atoms in total. The summed E-state index contributed by atoms with van der Waals surface area (Å²) < 4.78 is 34.1. The van der Waals surface area contributed by atoms with E-state index >= 15 is 0 Å². The van der Waals surface area contributed by atoms with Gasteiger partial charge in [0.1, 0.15) is 23.4 Å². The number of benzene rings is 1. The summed E-state index contributed by atoms with van der Waals surface area (Å²) in [7, 11) is -3.83. The first-order valence-corrected chi connectivity index (χ1v) is 18.7. The number of nitrogens with two attached hydrogens (primary N) is 1. The van der Waals surface area contributed by atoms with E-state index in [1.54, 1.807) is 0 Å². The Morgan fingerprint density at radius 3 is 2.60 bits per heavy atom. The smallest absolute Gasteiger partial charge is 0.259 e. The highest BCUT2D eigenvalue weighted by molar-refractivity contribution is 7.91. The minimum absolute atomic E-state index is 0.0849. The molecule has 0 radical (unpaired) electrons. The average Bonchev–Trinajstić information content (AvgIpc) is 3.92. The first-order chi connectivity index (χ1) is 22.6. The monoisotopic (exact) mass is 678 g/mol. The second-order valence-corrected chi connectivity index (χ2v) is 15.9. The predicted octanol–water partition coefficient (Wildman–Crippen LogP) is 3.04. The predicted molar refractivity (Wildman–Crippen MR) is 177 cm³/mol. The van der Waals surface area contributed by atoms with Crippen molar-refractivity contribution in [2.24, 2.45) is 11.7 Å². The Morgan fingerprint density at radius 1 is 1.06 bits per heavy atom. The quantitative estimate of drug-likeness (QED) is 0.331. The number of hydrogen-bond acceptors (Lipinski definition) is 10. The normalized spacial score (nSPS) is 28.5. The van der Waals surface area contributed by atoms with E-state index in [9.17, 15) is 22.8 Å². The molecule has 0 bridgehead atoms. The van der Waals surface area contributed by atoms with Gasteiger partial charge in [0.15, 0.2) is 0 Å². The molecule has 47 heavy (non-hydrogen) atoms. The molecule has 3 aromatic rings. The van der Waals surface area contributed by atoms with Crippen LogP contribution in [0.3, 0.4) is 0 Å². The molecule has 1 aromatic carbocycles. The molecule has 2 aliphatic carbocycles. The SMILES string of the molecule is N[C@H]1CCCCCC=C[C@@H]2C[C@@]2(C(=O)NS(=O)(=O)C2CC2)NC(=O)[C@@H]2C[C@@H](Oc3nc4ccccc4nc3-c3cccs3)CN2C1=O. The molecular formula is C33H38N6O6S2. The lowest BCUT2D eigenvalue weighted by Crippen LogP contribution is -2.57. The van der Waals surface area contributed by atoms with Crippen LogP contribution >= 0.6 is 11.3 Å². The Balaban J connectivity index is 1.18. The van der Waals surface area contributed by atoms with Gasteiger partial charge in [-0.25, -0.2) is 18.4 Å². The third-order valence-corrected chi connectivity index (χ3v) is 12.2. The van der Waals surface area contributed by atoms with Crippen LogP contribution in [0.4, 0.5) is 0 Å². The van der Waals surface area contributed by atoms with Crippen molar-refractivity contribution in [2.75, 3.05) is 6.54 Å². The van der Waals surface area contributed by atoms with E-state index in [0.717, 1.165) is 30.6 Å². The Bertz CT molecular complexity index is 1830. The van der Waals surface area contributed by atoms with Crippen LogP contribution in [0.1, 0.15) is 57.8 Å². The zero-order valence-electron chi connectivity index (χ0n) is 25.8. The minimum Gasteiger partial charge on any atom is -0.471 e. The van der Waals surface area contributed by atoms with Crippen molar-refractivity contribution < 1.29 is 27.5 Å². The number of fused-ring (bicyclic) bond motifs is 3. The fourth-order valence-electron chi connectivity index (χ4n) is 6.54. The summed E-state index contributed by atoms with van der Waals surface area (Å²) in [4.78, 5) is 53.3. The molecule has 5 atom stereocenters. The lowest BCUT2D eigenvalue weighted by molar-refractivity contribution is -0.140. The van der Waals surface area contributed by atoms with Gasteiger partial charge in [0.2, 0.25) is 27.7 Å². The summed E-state index contributed by atoms with van der Waals surface area (Å²) in [5, 5.41) is 4.23. The van der Waals surface area contributed by atoms with E-state index in [0.29, 0.717) is 41.9 Å². The van der Waals surface area contributed by atoms with Crippen molar-refractivity contribution in [1.29, 1.82) is 0 Å². The fraction of sp³-hybridized carbons (Fsp3) is 0.485. The molecule has 1 saturated heterocycles.